The first-order valence-corrected chi connectivity index (χ1v) is 8.50. The van der Waals surface area contributed by atoms with Gasteiger partial charge in [-0.3, -0.25) is 4.79 Å². The van der Waals surface area contributed by atoms with Crippen LogP contribution in [0.1, 0.15) is 26.3 Å². The quantitative estimate of drug-likeness (QED) is 0.750. The van der Waals surface area contributed by atoms with Crippen molar-refractivity contribution >= 4 is 33.7 Å². The minimum atomic E-state index is -0.211. The molecule has 116 valence electrons. The Balaban J connectivity index is 1.92. The summed E-state index contributed by atoms with van der Waals surface area (Å²) in [6, 6.07) is 3.70. The van der Waals surface area contributed by atoms with Crippen molar-refractivity contribution in [2.75, 3.05) is 19.0 Å². The number of carbonyl (C=O) groups excluding carboxylic acids is 1. The molecular formula is C15H19BrO4S. The summed E-state index contributed by atoms with van der Waals surface area (Å²) in [6.45, 7) is 7.53. The monoisotopic (exact) mass is 374 g/mol. The van der Waals surface area contributed by atoms with Crippen LogP contribution in [0.4, 0.5) is 0 Å². The second kappa shape index (κ2) is 6.92. The van der Waals surface area contributed by atoms with Gasteiger partial charge in [-0.15, -0.1) is 11.8 Å². The molecule has 0 N–H and O–H groups in total. The molecule has 0 saturated carbocycles. The minimum absolute atomic E-state index is 0.0522. The topological polar surface area (TPSA) is 44.8 Å². The molecule has 0 aromatic heterocycles. The first-order chi connectivity index (χ1) is 9.85. The Morgan fingerprint density at radius 2 is 1.90 bits per heavy atom. The smallest absolute Gasteiger partial charge is 0.316 e. The maximum absolute atomic E-state index is 11.7. The highest BCUT2D eigenvalue weighted by atomic mass is 79.9. The highest BCUT2D eigenvalue weighted by Gasteiger charge is 2.17. The van der Waals surface area contributed by atoms with Crippen LogP contribution in [0.3, 0.4) is 0 Å². The molecule has 6 heteroatoms. The van der Waals surface area contributed by atoms with Crippen LogP contribution in [0.15, 0.2) is 16.6 Å². The van der Waals surface area contributed by atoms with E-state index in [2.05, 4.69) is 36.7 Å². The van der Waals surface area contributed by atoms with Gasteiger partial charge in [-0.25, -0.2) is 0 Å². The Morgan fingerprint density at radius 1 is 1.29 bits per heavy atom. The molecule has 4 nitrogen and oxygen atoms in total. The first-order valence-electron chi connectivity index (χ1n) is 6.73. The van der Waals surface area contributed by atoms with Gasteiger partial charge in [-0.2, -0.15) is 0 Å². The molecule has 21 heavy (non-hydrogen) atoms. The van der Waals surface area contributed by atoms with E-state index in [4.69, 9.17) is 14.2 Å². The van der Waals surface area contributed by atoms with Crippen LogP contribution >= 0.6 is 27.7 Å². The average molecular weight is 375 g/mol. The number of hydrogen-bond donors (Lipinski definition) is 0. The van der Waals surface area contributed by atoms with E-state index in [0.29, 0.717) is 30.5 Å². The Labute approximate surface area is 137 Å². The van der Waals surface area contributed by atoms with E-state index in [-0.39, 0.29) is 17.3 Å². The molecule has 0 aliphatic carbocycles. The molecule has 0 unspecified atom stereocenters. The fourth-order valence-corrected chi connectivity index (χ4v) is 2.76. The number of rotatable bonds is 4. The van der Waals surface area contributed by atoms with Gasteiger partial charge in [0.2, 0.25) is 0 Å². The second-order valence-electron chi connectivity index (χ2n) is 5.65. The zero-order valence-corrected chi connectivity index (χ0v) is 14.8. The summed E-state index contributed by atoms with van der Waals surface area (Å²) in [4.78, 5) is 11.7. The third-order valence-electron chi connectivity index (χ3n) is 2.72. The number of ether oxygens (including phenoxy) is 3. The predicted molar refractivity (Wildman–Crippen MR) is 87.1 cm³/mol. The van der Waals surface area contributed by atoms with Crippen LogP contribution in [0, 0.1) is 0 Å². The molecule has 0 bridgehead atoms. The molecule has 0 spiro atoms. The molecule has 1 aromatic carbocycles. The van der Waals surface area contributed by atoms with Crippen LogP contribution in [-0.2, 0) is 16.1 Å². The lowest BCUT2D eigenvalue weighted by Gasteiger charge is -2.20. The van der Waals surface area contributed by atoms with Gasteiger partial charge in [0, 0.05) is 14.8 Å². The fourth-order valence-electron chi connectivity index (χ4n) is 1.69. The lowest BCUT2D eigenvalue weighted by atomic mass is 10.2. The summed E-state index contributed by atoms with van der Waals surface area (Å²) in [5.74, 6) is 1.55. The molecule has 1 heterocycles. The number of benzene rings is 1. The second-order valence-corrected chi connectivity index (χ2v) is 8.31. The van der Waals surface area contributed by atoms with Crippen molar-refractivity contribution in [2.24, 2.45) is 0 Å². The van der Waals surface area contributed by atoms with E-state index in [0.717, 1.165) is 10.0 Å². The molecule has 1 aliphatic rings. The Kier molecular flexibility index (Phi) is 5.43. The van der Waals surface area contributed by atoms with Crippen molar-refractivity contribution in [3.8, 4) is 11.5 Å². The number of hydrogen-bond acceptors (Lipinski definition) is 5. The third-order valence-corrected chi connectivity index (χ3v) is 4.71. The van der Waals surface area contributed by atoms with E-state index >= 15 is 0 Å². The van der Waals surface area contributed by atoms with Gasteiger partial charge in [0.05, 0.1) is 5.75 Å². The van der Waals surface area contributed by atoms with Gasteiger partial charge in [-0.1, -0.05) is 36.7 Å². The number of esters is 1. The van der Waals surface area contributed by atoms with Gasteiger partial charge < -0.3 is 14.2 Å². The number of thioether (sulfide) groups is 1. The Hall–Kier alpha value is -0.880. The molecule has 0 radical (unpaired) electrons. The third kappa shape index (κ3) is 5.11. The largest absolute Gasteiger partial charge is 0.486 e. The lowest BCUT2D eigenvalue weighted by Crippen LogP contribution is -2.16. The highest BCUT2D eigenvalue weighted by molar-refractivity contribution is 9.10. The normalized spacial score (nSPS) is 13.9. The maximum Gasteiger partial charge on any atom is 0.316 e. The van der Waals surface area contributed by atoms with Crippen molar-refractivity contribution in [2.45, 2.75) is 32.1 Å². The van der Waals surface area contributed by atoms with Gasteiger partial charge >= 0.3 is 5.97 Å². The van der Waals surface area contributed by atoms with E-state index in [1.807, 2.05) is 12.1 Å². The number of halogens is 1. The summed E-state index contributed by atoms with van der Waals surface area (Å²) in [6.07, 6.45) is 0. The standard InChI is InChI=1S/C15H19BrO4S/c1-15(2,3)21-9-14(17)20-8-10-6-12-13(7-11(10)16)19-5-4-18-12/h6-7H,4-5,8-9H2,1-3H3. The van der Waals surface area contributed by atoms with Gasteiger partial charge in [0.1, 0.15) is 19.8 Å². The maximum atomic E-state index is 11.7. The summed E-state index contributed by atoms with van der Waals surface area (Å²) < 4.78 is 17.2. The number of carbonyl (C=O) groups is 1. The summed E-state index contributed by atoms with van der Waals surface area (Å²) >= 11 is 5.04. The molecule has 1 aliphatic heterocycles. The first kappa shape index (κ1) is 16.5. The molecular weight excluding hydrogens is 356 g/mol. The van der Waals surface area contributed by atoms with Crippen LogP contribution in [0.25, 0.3) is 0 Å². The fraction of sp³-hybridized carbons (Fsp3) is 0.533. The summed E-state index contributed by atoms with van der Waals surface area (Å²) in [5, 5.41) is 0. The molecule has 0 amide bonds. The molecule has 0 saturated heterocycles. The zero-order valence-electron chi connectivity index (χ0n) is 12.4. The van der Waals surface area contributed by atoms with Gasteiger partial charge in [0.15, 0.2) is 11.5 Å². The van der Waals surface area contributed by atoms with Crippen molar-refractivity contribution in [3.05, 3.63) is 22.2 Å². The molecule has 2 rings (SSSR count). The highest BCUT2D eigenvalue weighted by Crippen LogP contribution is 2.35. The average Bonchev–Trinajstić information content (AvgIpc) is 2.42. The van der Waals surface area contributed by atoms with E-state index in [1.165, 1.54) is 0 Å². The SMILES string of the molecule is CC(C)(C)SCC(=O)OCc1cc2c(cc1Br)OCCO2. The minimum Gasteiger partial charge on any atom is -0.486 e. The number of fused-ring (bicyclic) bond motifs is 1. The zero-order chi connectivity index (χ0) is 15.5. The summed E-state index contributed by atoms with van der Waals surface area (Å²) in [7, 11) is 0. The predicted octanol–water partition coefficient (Wildman–Crippen LogP) is 3.80. The van der Waals surface area contributed by atoms with Crippen molar-refractivity contribution in [3.63, 3.8) is 0 Å². The van der Waals surface area contributed by atoms with E-state index < -0.39 is 0 Å². The van der Waals surface area contributed by atoms with Crippen molar-refractivity contribution in [1.29, 1.82) is 0 Å². The van der Waals surface area contributed by atoms with Gasteiger partial charge in [-0.05, 0) is 12.1 Å². The van der Waals surface area contributed by atoms with Crippen LogP contribution < -0.4 is 9.47 Å². The van der Waals surface area contributed by atoms with Crippen LogP contribution in [-0.4, -0.2) is 29.7 Å². The Bertz CT molecular complexity index is 525. The molecule has 0 fully saturated rings. The van der Waals surface area contributed by atoms with Crippen molar-refractivity contribution < 1.29 is 19.0 Å². The van der Waals surface area contributed by atoms with E-state index in [1.54, 1.807) is 11.8 Å². The molecule has 0 atom stereocenters. The van der Waals surface area contributed by atoms with Crippen LogP contribution in [0.5, 0.6) is 11.5 Å². The van der Waals surface area contributed by atoms with Crippen LogP contribution in [0.2, 0.25) is 0 Å². The van der Waals surface area contributed by atoms with E-state index in [9.17, 15) is 4.79 Å². The van der Waals surface area contributed by atoms with Gasteiger partial charge in [0.25, 0.3) is 0 Å². The Morgan fingerprint density at radius 3 is 2.52 bits per heavy atom. The summed E-state index contributed by atoms with van der Waals surface area (Å²) in [5.41, 5.74) is 0.869. The molecule has 1 aromatic rings. The van der Waals surface area contributed by atoms with Crippen molar-refractivity contribution in [1.82, 2.24) is 0 Å². The lowest BCUT2D eigenvalue weighted by molar-refractivity contribution is -0.141.